The first-order valence-corrected chi connectivity index (χ1v) is 22.0. The average molecular weight is 833 g/mol. The van der Waals surface area contributed by atoms with Crippen LogP contribution in [-0.4, -0.2) is 24.2 Å². The van der Waals surface area contributed by atoms with Crippen LogP contribution in [0.4, 0.5) is 0 Å². The summed E-state index contributed by atoms with van der Waals surface area (Å²) in [6.07, 6.45) is 3.82. The summed E-state index contributed by atoms with van der Waals surface area (Å²) >= 11 is 0. The summed E-state index contributed by atoms with van der Waals surface area (Å²) in [4.78, 5) is 10.2. The number of phenolic OH excluding ortho intramolecular Hbond substituents is 1. The van der Waals surface area contributed by atoms with Crippen molar-refractivity contribution < 1.29 is 5.11 Å². The molecular weight excluding hydrogens is 781 g/mol. The summed E-state index contributed by atoms with van der Waals surface area (Å²) in [7, 11) is 2.02. The lowest BCUT2D eigenvalue weighted by Crippen LogP contribution is -2.14. The zero-order valence-electron chi connectivity index (χ0n) is 37.6. The standard InChI is InChI=1S/C59H52N4O/c1-9-44-34-42-18-14-22-48(56(42)63(44)45-19-11-10-12-20-45)39-30-31-60-51(35-39)40-17-13-16-37(32-40)47-21-15-23-52-55(47)61-57(62(52)8)49-27-24-41(36-53(49)64)54-46-28-26-43(58(2,3)4)33-38(46)25-29-50(54)59(5,6)7/h9-36,64H,1H2,2-8H3. The predicted octanol–water partition coefficient (Wildman–Crippen LogP) is 15.3. The van der Waals surface area contributed by atoms with Crippen molar-refractivity contribution in [3.05, 3.63) is 187 Å². The van der Waals surface area contributed by atoms with Gasteiger partial charge in [0, 0.05) is 46.7 Å². The fourth-order valence-electron chi connectivity index (χ4n) is 9.42. The molecule has 7 aromatic carbocycles. The van der Waals surface area contributed by atoms with Crippen molar-refractivity contribution in [2.24, 2.45) is 7.05 Å². The van der Waals surface area contributed by atoms with Crippen LogP contribution in [0.1, 0.15) is 58.4 Å². The third kappa shape index (κ3) is 6.98. The normalized spacial score (nSPS) is 12.1. The van der Waals surface area contributed by atoms with Gasteiger partial charge in [-0.3, -0.25) is 4.98 Å². The van der Waals surface area contributed by atoms with Crippen molar-refractivity contribution in [2.45, 2.75) is 52.4 Å². The fourth-order valence-corrected chi connectivity index (χ4v) is 9.42. The highest BCUT2D eigenvalue weighted by atomic mass is 16.3. The van der Waals surface area contributed by atoms with E-state index in [1.807, 2.05) is 37.5 Å². The molecule has 3 aromatic heterocycles. The third-order valence-electron chi connectivity index (χ3n) is 12.7. The number of aromatic hydroxyl groups is 1. The Morgan fingerprint density at radius 1 is 0.594 bits per heavy atom. The molecule has 10 aromatic rings. The molecule has 0 saturated carbocycles. The van der Waals surface area contributed by atoms with E-state index in [0.717, 1.165) is 78.0 Å². The van der Waals surface area contributed by atoms with Crippen molar-refractivity contribution in [1.29, 1.82) is 0 Å². The number of hydrogen-bond acceptors (Lipinski definition) is 3. The molecule has 0 radical (unpaired) electrons. The molecule has 0 atom stereocenters. The summed E-state index contributed by atoms with van der Waals surface area (Å²) in [5.74, 6) is 0.899. The van der Waals surface area contributed by atoms with Gasteiger partial charge in [-0.1, -0.05) is 151 Å². The first-order valence-electron chi connectivity index (χ1n) is 22.0. The van der Waals surface area contributed by atoms with Gasteiger partial charge in [0.15, 0.2) is 0 Å². The topological polar surface area (TPSA) is 55.9 Å². The first kappa shape index (κ1) is 40.6. The zero-order valence-corrected chi connectivity index (χ0v) is 37.6. The molecular formula is C59H52N4O. The minimum absolute atomic E-state index is 0.0402. The second-order valence-corrected chi connectivity index (χ2v) is 19.0. The summed E-state index contributed by atoms with van der Waals surface area (Å²) in [6, 6.07) is 55.6. The van der Waals surface area contributed by atoms with Crippen LogP contribution in [0.2, 0.25) is 0 Å². The number of fused-ring (bicyclic) bond motifs is 3. The number of aryl methyl sites for hydroxylation is 1. The molecule has 5 nitrogen and oxygen atoms in total. The number of para-hydroxylation sites is 3. The highest BCUT2D eigenvalue weighted by molar-refractivity contribution is 6.01. The Balaban J connectivity index is 1.03. The van der Waals surface area contributed by atoms with Gasteiger partial charge in [0.1, 0.15) is 11.6 Å². The third-order valence-corrected chi connectivity index (χ3v) is 12.7. The second kappa shape index (κ2) is 15.4. The molecule has 0 saturated heterocycles. The van der Waals surface area contributed by atoms with Crippen LogP contribution < -0.4 is 0 Å². The number of benzene rings is 7. The quantitative estimate of drug-likeness (QED) is 0.174. The Morgan fingerprint density at radius 3 is 2.11 bits per heavy atom. The molecule has 0 aliphatic carbocycles. The minimum atomic E-state index is -0.107. The SMILES string of the molecule is C=Cc1cc2cccc(-c3ccnc(-c4cccc(-c5cccc6c5nc(-c5ccc(-c7c(C(C)(C)C)ccc8cc(C(C)(C)C)ccc78)cc5O)n6C)c4)c3)c2n1-c1ccccc1. The van der Waals surface area contributed by atoms with Crippen molar-refractivity contribution in [3.8, 4) is 67.5 Å². The van der Waals surface area contributed by atoms with Crippen LogP contribution in [0.5, 0.6) is 5.75 Å². The Morgan fingerprint density at radius 2 is 1.34 bits per heavy atom. The lowest BCUT2D eigenvalue weighted by atomic mass is 9.78. The lowest BCUT2D eigenvalue weighted by molar-refractivity contribution is 0.477. The van der Waals surface area contributed by atoms with Crippen molar-refractivity contribution in [2.75, 3.05) is 0 Å². The molecule has 0 aliphatic rings. The van der Waals surface area contributed by atoms with Crippen molar-refractivity contribution in [3.63, 3.8) is 0 Å². The average Bonchev–Trinajstić information content (AvgIpc) is 3.85. The van der Waals surface area contributed by atoms with E-state index in [4.69, 9.17) is 9.97 Å². The van der Waals surface area contributed by atoms with Gasteiger partial charge in [0.25, 0.3) is 0 Å². The number of phenols is 1. The number of pyridine rings is 1. The molecule has 0 amide bonds. The van der Waals surface area contributed by atoms with Crippen molar-refractivity contribution >= 4 is 38.8 Å². The van der Waals surface area contributed by atoms with E-state index in [1.165, 1.54) is 21.9 Å². The van der Waals surface area contributed by atoms with E-state index in [1.54, 1.807) is 0 Å². The largest absolute Gasteiger partial charge is 0.507 e. The highest BCUT2D eigenvalue weighted by Gasteiger charge is 2.24. The van der Waals surface area contributed by atoms with E-state index in [9.17, 15) is 5.11 Å². The monoisotopic (exact) mass is 832 g/mol. The molecule has 0 bridgehead atoms. The van der Waals surface area contributed by atoms with Crippen LogP contribution in [-0.2, 0) is 17.9 Å². The van der Waals surface area contributed by atoms with E-state index < -0.39 is 0 Å². The van der Waals surface area contributed by atoms with Crippen LogP contribution in [0.3, 0.4) is 0 Å². The van der Waals surface area contributed by atoms with Gasteiger partial charge >= 0.3 is 0 Å². The molecule has 64 heavy (non-hydrogen) atoms. The number of hydrogen-bond donors (Lipinski definition) is 1. The van der Waals surface area contributed by atoms with Crippen LogP contribution in [0.15, 0.2) is 171 Å². The fraction of sp³-hybridized carbons (Fsp3) is 0.153. The number of rotatable bonds is 7. The lowest BCUT2D eigenvalue weighted by Gasteiger charge is -2.26. The van der Waals surface area contributed by atoms with Crippen molar-refractivity contribution in [1.82, 2.24) is 19.1 Å². The second-order valence-electron chi connectivity index (χ2n) is 19.0. The Labute approximate surface area is 375 Å². The molecule has 1 N–H and O–H groups in total. The molecule has 0 spiro atoms. The smallest absolute Gasteiger partial charge is 0.144 e. The maximum Gasteiger partial charge on any atom is 0.144 e. The van der Waals surface area contributed by atoms with Gasteiger partial charge in [-0.25, -0.2) is 4.98 Å². The van der Waals surface area contributed by atoms with Crippen LogP contribution in [0, 0.1) is 0 Å². The van der Waals surface area contributed by atoms with E-state index in [-0.39, 0.29) is 16.6 Å². The molecule has 3 heterocycles. The van der Waals surface area contributed by atoms with Crippen LogP contribution >= 0.6 is 0 Å². The Bertz CT molecular complexity index is 3450. The Kier molecular flexibility index (Phi) is 9.75. The highest BCUT2D eigenvalue weighted by Crippen LogP contribution is 2.44. The maximum atomic E-state index is 11.9. The molecule has 314 valence electrons. The number of nitrogens with zero attached hydrogens (tertiary/aromatic N) is 4. The zero-order chi connectivity index (χ0) is 44.5. The summed E-state index contributed by atoms with van der Waals surface area (Å²) in [5.41, 5.74) is 16.5. The maximum absolute atomic E-state index is 11.9. The van der Waals surface area contributed by atoms with E-state index >= 15 is 0 Å². The molecule has 0 unspecified atom stereocenters. The minimum Gasteiger partial charge on any atom is -0.507 e. The van der Waals surface area contributed by atoms with Crippen LogP contribution in [0.25, 0.3) is 100 Å². The predicted molar refractivity (Wildman–Crippen MR) is 269 cm³/mol. The first-order chi connectivity index (χ1) is 30.8. The summed E-state index contributed by atoms with van der Waals surface area (Å²) < 4.78 is 4.36. The number of imidazole rings is 1. The van der Waals surface area contributed by atoms with Gasteiger partial charge in [0.05, 0.1) is 27.8 Å². The van der Waals surface area contributed by atoms with E-state index in [0.29, 0.717) is 11.4 Å². The molecule has 0 fully saturated rings. The van der Waals surface area contributed by atoms with Gasteiger partial charge in [0.2, 0.25) is 0 Å². The Hall–Kier alpha value is -7.50. The van der Waals surface area contributed by atoms with Gasteiger partial charge in [-0.05, 0) is 116 Å². The summed E-state index contributed by atoms with van der Waals surface area (Å²) in [6.45, 7) is 17.6. The molecule has 10 rings (SSSR count). The van der Waals surface area contributed by atoms with Gasteiger partial charge in [-0.2, -0.15) is 0 Å². The number of aromatic nitrogens is 4. The molecule has 5 heteroatoms. The summed E-state index contributed by atoms with van der Waals surface area (Å²) in [5, 5.41) is 15.4. The molecule has 0 aliphatic heterocycles. The van der Waals surface area contributed by atoms with E-state index in [2.05, 4.69) is 197 Å². The van der Waals surface area contributed by atoms with Gasteiger partial charge < -0.3 is 14.2 Å². The van der Waals surface area contributed by atoms with Gasteiger partial charge in [-0.15, -0.1) is 0 Å².